The van der Waals surface area contributed by atoms with E-state index in [1.807, 2.05) is 30.3 Å². The second-order valence-corrected chi connectivity index (χ2v) is 8.28. The maximum Gasteiger partial charge on any atom is 0.338 e. The zero-order valence-electron chi connectivity index (χ0n) is 17.1. The summed E-state index contributed by atoms with van der Waals surface area (Å²) >= 11 is 7.53. The molecule has 1 aliphatic heterocycles. The van der Waals surface area contributed by atoms with Gasteiger partial charge in [-0.3, -0.25) is 9.36 Å². The van der Waals surface area contributed by atoms with Crippen molar-refractivity contribution in [2.24, 2.45) is 4.99 Å². The van der Waals surface area contributed by atoms with Gasteiger partial charge in [0, 0.05) is 5.02 Å². The summed E-state index contributed by atoms with van der Waals surface area (Å²) in [5.74, 6) is 0.151. The van der Waals surface area contributed by atoms with E-state index in [9.17, 15) is 9.59 Å². The van der Waals surface area contributed by atoms with Gasteiger partial charge >= 0.3 is 5.97 Å². The zero-order valence-corrected chi connectivity index (χ0v) is 18.7. The van der Waals surface area contributed by atoms with E-state index in [0.29, 0.717) is 31.4 Å². The number of nitrogens with zero attached hydrogens (tertiary/aromatic N) is 2. The van der Waals surface area contributed by atoms with E-state index >= 15 is 0 Å². The van der Waals surface area contributed by atoms with Gasteiger partial charge in [0.25, 0.3) is 5.56 Å². The third-order valence-corrected chi connectivity index (χ3v) is 6.38. The maximum atomic E-state index is 13.4. The minimum absolute atomic E-state index is 0.251. The highest BCUT2D eigenvalue weighted by molar-refractivity contribution is 7.07. The second kappa shape index (κ2) is 8.53. The molecule has 8 heteroatoms. The van der Waals surface area contributed by atoms with Gasteiger partial charge in [0.15, 0.2) is 4.80 Å². The van der Waals surface area contributed by atoms with Crippen molar-refractivity contribution in [3.8, 4) is 5.75 Å². The first-order chi connectivity index (χ1) is 14.9. The quantitative estimate of drug-likeness (QED) is 0.568. The summed E-state index contributed by atoms with van der Waals surface area (Å²) in [4.78, 5) is 31.1. The van der Waals surface area contributed by atoms with Crippen molar-refractivity contribution in [3.63, 3.8) is 0 Å². The number of carbonyl (C=O) groups is 1. The Labute approximate surface area is 187 Å². The lowest BCUT2D eigenvalue weighted by Crippen LogP contribution is -2.39. The Morgan fingerprint density at radius 1 is 1.16 bits per heavy atom. The van der Waals surface area contributed by atoms with Gasteiger partial charge in [-0.05, 0) is 42.3 Å². The van der Waals surface area contributed by atoms with E-state index in [2.05, 4.69) is 4.99 Å². The Bertz CT molecular complexity index is 1370. The first kappa shape index (κ1) is 21.1. The molecular formula is C23H19ClN2O4S. The number of fused-ring (bicyclic) bond motifs is 1. The number of thiazole rings is 1. The highest BCUT2D eigenvalue weighted by Gasteiger charge is 2.33. The van der Waals surface area contributed by atoms with E-state index in [4.69, 9.17) is 21.1 Å². The van der Waals surface area contributed by atoms with Crippen molar-refractivity contribution in [1.29, 1.82) is 0 Å². The molecule has 2 heterocycles. The molecule has 1 aromatic heterocycles. The number of halogens is 1. The molecule has 0 bridgehead atoms. The summed E-state index contributed by atoms with van der Waals surface area (Å²) < 4.78 is 12.3. The van der Waals surface area contributed by atoms with Crippen LogP contribution >= 0.6 is 22.9 Å². The number of benzene rings is 2. The molecule has 0 radical (unpaired) electrons. The van der Waals surface area contributed by atoms with Gasteiger partial charge < -0.3 is 9.47 Å². The van der Waals surface area contributed by atoms with Crippen molar-refractivity contribution < 1.29 is 14.3 Å². The molecule has 0 aliphatic carbocycles. The summed E-state index contributed by atoms with van der Waals surface area (Å²) in [6.45, 7) is 1.74. The Morgan fingerprint density at radius 3 is 2.52 bits per heavy atom. The molecule has 31 heavy (non-hydrogen) atoms. The van der Waals surface area contributed by atoms with Gasteiger partial charge in [0.1, 0.15) is 5.75 Å². The molecule has 0 saturated heterocycles. The highest BCUT2D eigenvalue weighted by atomic mass is 35.5. The first-order valence-corrected chi connectivity index (χ1v) is 10.6. The van der Waals surface area contributed by atoms with E-state index in [1.54, 1.807) is 38.3 Å². The molecule has 158 valence electrons. The zero-order chi connectivity index (χ0) is 22.1. The fourth-order valence-corrected chi connectivity index (χ4v) is 4.76. The van der Waals surface area contributed by atoms with Crippen molar-refractivity contribution in [2.45, 2.75) is 13.0 Å². The summed E-state index contributed by atoms with van der Waals surface area (Å²) in [5, 5.41) is 0.548. The normalized spacial score (nSPS) is 16.0. The Morgan fingerprint density at radius 2 is 1.87 bits per heavy atom. The number of hydrogen-bond donors (Lipinski definition) is 0. The minimum atomic E-state index is -0.664. The Hall–Kier alpha value is -3.16. The molecule has 2 aromatic carbocycles. The standard InChI is InChI=1S/C23H19ClN2O4S/c1-13-19(22(28)30-3)20(14-8-10-16(29-2)11-9-14)26-21(27)18(31-23(26)25-13)12-15-6-4-5-7-17(15)24/h4-12,20H,1-3H3/b18-12-. The number of methoxy groups -OCH3 is 2. The molecule has 0 saturated carbocycles. The first-order valence-electron chi connectivity index (χ1n) is 9.44. The van der Waals surface area contributed by atoms with Crippen molar-refractivity contribution in [3.05, 3.63) is 95.6 Å². The lowest BCUT2D eigenvalue weighted by molar-refractivity contribution is -0.136. The third kappa shape index (κ3) is 3.82. The number of rotatable bonds is 4. The van der Waals surface area contributed by atoms with E-state index in [-0.39, 0.29) is 5.56 Å². The second-order valence-electron chi connectivity index (χ2n) is 6.87. The van der Waals surface area contributed by atoms with Gasteiger partial charge in [0.05, 0.1) is 36.1 Å². The van der Waals surface area contributed by atoms with Gasteiger partial charge in [-0.1, -0.05) is 53.3 Å². The monoisotopic (exact) mass is 454 g/mol. The molecule has 4 rings (SSSR count). The van der Waals surface area contributed by atoms with E-state index in [0.717, 1.165) is 11.1 Å². The van der Waals surface area contributed by atoms with Crippen LogP contribution in [-0.4, -0.2) is 24.8 Å². The molecule has 1 aliphatic rings. The lowest BCUT2D eigenvalue weighted by atomic mass is 9.96. The SMILES string of the molecule is COC(=O)C1=C(C)N=c2s/c(=C\c3ccccc3Cl)c(=O)n2C1c1ccc(OC)cc1. The average Bonchev–Trinajstić information content (AvgIpc) is 3.08. The van der Waals surface area contributed by atoms with Crippen LogP contribution in [-0.2, 0) is 9.53 Å². The summed E-state index contributed by atoms with van der Waals surface area (Å²) in [7, 11) is 2.90. The molecule has 0 N–H and O–H groups in total. The summed E-state index contributed by atoms with van der Waals surface area (Å²) in [5.41, 5.74) is 2.07. The average molecular weight is 455 g/mol. The highest BCUT2D eigenvalue weighted by Crippen LogP contribution is 2.31. The maximum absolute atomic E-state index is 13.4. The largest absolute Gasteiger partial charge is 0.497 e. The van der Waals surface area contributed by atoms with Crippen molar-refractivity contribution >= 4 is 35.0 Å². The van der Waals surface area contributed by atoms with Crippen LogP contribution < -0.4 is 19.6 Å². The fraction of sp³-hybridized carbons (Fsp3) is 0.174. The smallest absolute Gasteiger partial charge is 0.338 e. The van der Waals surface area contributed by atoms with Crippen molar-refractivity contribution in [1.82, 2.24) is 4.57 Å². The predicted octanol–water partition coefficient (Wildman–Crippen LogP) is 3.07. The predicted molar refractivity (Wildman–Crippen MR) is 120 cm³/mol. The lowest BCUT2D eigenvalue weighted by Gasteiger charge is -2.24. The number of aromatic nitrogens is 1. The number of esters is 1. The molecule has 3 aromatic rings. The molecule has 0 spiro atoms. The van der Waals surface area contributed by atoms with Crippen LogP contribution in [0.1, 0.15) is 24.1 Å². The van der Waals surface area contributed by atoms with Gasteiger partial charge in [-0.25, -0.2) is 9.79 Å². The molecule has 0 amide bonds. The van der Waals surface area contributed by atoms with Gasteiger partial charge in [0.2, 0.25) is 0 Å². The van der Waals surface area contributed by atoms with Crippen LogP contribution in [0.3, 0.4) is 0 Å². The van der Waals surface area contributed by atoms with E-state index < -0.39 is 12.0 Å². The molecule has 6 nitrogen and oxygen atoms in total. The minimum Gasteiger partial charge on any atom is -0.497 e. The fourth-order valence-electron chi connectivity index (χ4n) is 3.53. The summed E-state index contributed by atoms with van der Waals surface area (Å²) in [6.07, 6.45) is 1.74. The number of allylic oxidation sites excluding steroid dienone is 1. The van der Waals surface area contributed by atoms with Crippen LogP contribution in [0.15, 0.2) is 69.6 Å². The number of hydrogen-bond acceptors (Lipinski definition) is 6. The molecular weight excluding hydrogens is 436 g/mol. The van der Waals surface area contributed by atoms with E-state index in [1.165, 1.54) is 23.0 Å². The third-order valence-electron chi connectivity index (χ3n) is 5.05. The van der Waals surface area contributed by atoms with Crippen LogP contribution in [0.2, 0.25) is 5.02 Å². The Kier molecular flexibility index (Phi) is 5.80. The van der Waals surface area contributed by atoms with Crippen molar-refractivity contribution in [2.75, 3.05) is 14.2 Å². The van der Waals surface area contributed by atoms with Crippen LogP contribution in [0.25, 0.3) is 6.08 Å². The number of carbonyl (C=O) groups excluding carboxylic acids is 1. The number of ether oxygens (including phenoxy) is 2. The van der Waals surface area contributed by atoms with Crippen LogP contribution in [0.4, 0.5) is 0 Å². The Balaban J connectivity index is 1.97. The van der Waals surface area contributed by atoms with Gasteiger partial charge in [-0.2, -0.15) is 0 Å². The summed E-state index contributed by atoms with van der Waals surface area (Å²) in [6, 6.07) is 13.9. The topological polar surface area (TPSA) is 69.9 Å². The molecule has 1 atom stereocenters. The molecule has 1 unspecified atom stereocenters. The molecule has 0 fully saturated rings. The van der Waals surface area contributed by atoms with Crippen LogP contribution in [0.5, 0.6) is 5.75 Å². The van der Waals surface area contributed by atoms with Crippen LogP contribution in [0, 0.1) is 0 Å². The van der Waals surface area contributed by atoms with Gasteiger partial charge in [-0.15, -0.1) is 0 Å².